The van der Waals surface area contributed by atoms with Gasteiger partial charge in [0.15, 0.2) is 5.16 Å². The molecule has 0 saturated heterocycles. The Morgan fingerprint density at radius 3 is 2.69 bits per heavy atom. The van der Waals surface area contributed by atoms with Gasteiger partial charge in [-0.25, -0.2) is 4.39 Å². The van der Waals surface area contributed by atoms with Crippen molar-refractivity contribution in [3.63, 3.8) is 0 Å². The number of nitrogens with one attached hydrogen (secondary N) is 1. The van der Waals surface area contributed by atoms with E-state index in [0.29, 0.717) is 32.9 Å². The van der Waals surface area contributed by atoms with Crippen LogP contribution in [0, 0.1) is 5.82 Å². The SMILES string of the molecule is Cn1c(SCc2ccccc2Cl)nc(=O)c2c1NC(=O)CC2c1ccccc1F. The molecule has 0 fully saturated rings. The Morgan fingerprint density at radius 1 is 1.21 bits per heavy atom. The molecule has 3 aromatic rings. The topological polar surface area (TPSA) is 64.0 Å². The van der Waals surface area contributed by atoms with Gasteiger partial charge in [0, 0.05) is 30.2 Å². The molecular weight excluding hydrogens is 413 g/mol. The summed E-state index contributed by atoms with van der Waals surface area (Å²) >= 11 is 7.55. The second kappa shape index (κ2) is 8.00. The molecule has 0 spiro atoms. The number of benzene rings is 2. The van der Waals surface area contributed by atoms with E-state index in [1.807, 2.05) is 18.2 Å². The molecule has 1 aliphatic heterocycles. The molecule has 1 atom stereocenters. The van der Waals surface area contributed by atoms with Crippen LogP contribution in [0.25, 0.3) is 0 Å². The number of amides is 1. The maximum absolute atomic E-state index is 14.4. The molecule has 0 aliphatic carbocycles. The van der Waals surface area contributed by atoms with Crippen molar-refractivity contribution in [2.24, 2.45) is 7.05 Å². The molecule has 0 radical (unpaired) electrons. The Labute approximate surface area is 175 Å². The number of carbonyl (C=O) groups excluding carboxylic acids is 1. The molecule has 0 saturated carbocycles. The Bertz CT molecular complexity index is 1160. The van der Waals surface area contributed by atoms with Gasteiger partial charge in [0.1, 0.15) is 11.6 Å². The highest BCUT2D eigenvalue weighted by Gasteiger charge is 2.33. The summed E-state index contributed by atoms with van der Waals surface area (Å²) in [6, 6.07) is 13.6. The van der Waals surface area contributed by atoms with Crippen LogP contribution in [0.3, 0.4) is 0 Å². The van der Waals surface area contributed by atoms with Gasteiger partial charge in [0.2, 0.25) is 5.91 Å². The zero-order valence-corrected chi connectivity index (χ0v) is 17.1. The first-order valence-corrected chi connectivity index (χ1v) is 10.3. The van der Waals surface area contributed by atoms with E-state index in [0.717, 1.165) is 5.56 Å². The number of hydrogen-bond donors (Lipinski definition) is 1. The number of hydrogen-bond acceptors (Lipinski definition) is 4. The summed E-state index contributed by atoms with van der Waals surface area (Å²) < 4.78 is 16.0. The standard InChI is InChI=1S/C21H17ClFN3O2S/c1-26-19-18(14(10-17(27)24-19)13-7-3-5-9-16(13)23)20(28)25-21(26)29-11-12-6-2-4-8-15(12)22/h2-9,14H,10-11H2,1H3,(H,24,27). The molecule has 148 valence electrons. The quantitative estimate of drug-likeness (QED) is 0.495. The summed E-state index contributed by atoms with van der Waals surface area (Å²) in [5, 5.41) is 3.84. The van der Waals surface area contributed by atoms with Gasteiger partial charge in [0.05, 0.1) is 5.56 Å². The van der Waals surface area contributed by atoms with Crippen molar-refractivity contribution in [1.29, 1.82) is 0 Å². The van der Waals surface area contributed by atoms with Crippen LogP contribution in [-0.4, -0.2) is 15.5 Å². The predicted octanol–water partition coefficient (Wildman–Crippen LogP) is 4.34. The molecular formula is C21H17ClFN3O2S. The lowest BCUT2D eigenvalue weighted by atomic mass is 9.86. The van der Waals surface area contributed by atoms with Gasteiger partial charge in [0.25, 0.3) is 5.56 Å². The Hall–Kier alpha value is -2.64. The fourth-order valence-corrected chi connectivity index (χ4v) is 4.70. The van der Waals surface area contributed by atoms with Gasteiger partial charge in [-0.1, -0.05) is 59.8 Å². The third kappa shape index (κ3) is 3.80. The molecule has 1 N–H and O–H groups in total. The molecule has 1 aromatic heterocycles. The van der Waals surface area contributed by atoms with Crippen LogP contribution in [0.4, 0.5) is 10.2 Å². The lowest BCUT2D eigenvalue weighted by molar-refractivity contribution is -0.116. The van der Waals surface area contributed by atoms with Gasteiger partial charge >= 0.3 is 0 Å². The normalized spacial score (nSPS) is 15.7. The van der Waals surface area contributed by atoms with Crippen molar-refractivity contribution in [1.82, 2.24) is 9.55 Å². The summed E-state index contributed by atoms with van der Waals surface area (Å²) in [4.78, 5) is 29.4. The summed E-state index contributed by atoms with van der Waals surface area (Å²) in [7, 11) is 1.73. The molecule has 2 aromatic carbocycles. The first-order chi connectivity index (χ1) is 14.0. The second-order valence-electron chi connectivity index (χ2n) is 6.73. The lowest BCUT2D eigenvalue weighted by Gasteiger charge is -2.27. The minimum absolute atomic E-state index is 0.00301. The number of rotatable bonds is 4. The van der Waals surface area contributed by atoms with Gasteiger partial charge in [-0.2, -0.15) is 4.98 Å². The molecule has 1 amide bonds. The Kier molecular flexibility index (Phi) is 5.43. The highest BCUT2D eigenvalue weighted by molar-refractivity contribution is 7.98. The molecule has 2 heterocycles. The highest BCUT2D eigenvalue weighted by Crippen LogP contribution is 2.37. The maximum Gasteiger partial charge on any atom is 0.279 e. The van der Waals surface area contributed by atoms with Crippen LogP contribution in [0.15, 0.2) is 58.5 Å². The number of fused-ring (bicyclic) bond motifs is 1. The largest absolute Gasteiger partial charge is 0.312 e. The van der Waals surface area contributed by atoms with E-state index in [4.69, 9.17) is 11.6 Å². The molecule has 5 nitrogen and oxygen atoms in total. The maximum atomic E-state index is 14.4. The highest BCUT2D eigenvalue weighted by atomic mass is 35.5. The number of anilines is 1. The fraction of sp³-hybridized carbons (Fsp3) is 0.190. The van der Waals surface area contributed by atoms with E-state index in [1.165, 1.54) is 17.8 Å². The van der Waals surface area contributed by atoms with E-state index < -0.39 is 17.3 Å². The monoisotopic (exact) mass is 429 g/mol. The zero-order chi connectivity index (χ0) is 20.5. The van der Waals surface area contributed by atoms with Gasteiger partial charge in [-0.3, -0.25) is 9.59 Å². The molecule has 29 heavy (non-hydrogen) atoms. The number of aromatic nitrogens is 2. The number of halogens is 2. The summed E-state index contributed by atoms with van der Waals surface area (Å²) in [6.07, 6.45) is -0.00301. The van der Waals surface area contributed by atoms with Crippen molar-refractivity contribution < 1.29 is 9.18 Å². The van der Waals surface area contributed by atoms with Crippen LogP contribution in [0.2, 0.25) is 5.02 Å². The van der Waals surface area contributed by atoms with E-state index in [-0.39, 0.29) is 12.3 Å². The van der Waals surface area contributed by atoms with E-state index in [2.05, 4.69) is 10.3 Å². The lowest BCUT2D eigenvalue weighted by Crippen LogP contribution is -2.33. The van der Waals surface area contributed by atoms with E-state index in [1.54, 1.807) is 35.9 Å². The predicted molar refractivity (Wildman–Crippen MR) is 112 cm³/mol. The molecule has 1 aliphatic rings. The minimum Gasteiger partial charge on any atom is -0.312 e. The first-order valence-electron chi connectivity index (χ1n) is 8.97. The summed E-state index contributed by atoms with van der Waals surface area (Å²) in [6.45, 7) is 0. The minimum atomic E-state index is -0.672. The molecule has 4 rings (SSSR count). The van der Waals surface area contributed by atoms with Crippen molar-refractivity contribution in [2.75, 3.05) is 5.32 Å². The van der Waals surface area contributed by atoms with E-state index in [9.17, 15) is 14.0 Å². The van der Waals surface area contributed by atoms with Crippen molar-refractivity contribution >= 4 is 35.1 Å². The number of carbonyl (C=O) groups is 1. The van der Waals surface area contributed by atoms with Crippen molar-refractivity contribution in [2.45, 2.75) is 23.2 Å². The molecule has 8 heteroatoms. The van der Waals surface area contributed by atoms with Crippen LogP contribution < -0.4 is 10.9 Å². The van der Waals surface area contributed by atoms with Crippen LogP contribution in [0.1, 0.15) is 29.0 Å². The zero-order valence-electron chi connectivity index (χ0n) is 15.5. The van der Waals surface area contributed by atoms with E-state index >= 15 is 0 Å². The van der Waals surface area contributed by atoms with Crippen LogP contribution >= 0.6 is 23.4 Å². The average molecular weight is 430 g/mol. The van der Waals surface area contributed by atoms with Gasteiger partial charge < -0.3 is 9.88 Å². The van der Waals surface area contributed by atoms with Crippen LogP contribution in [0.5, 0.6) is 0 Å². The molecule has 0 bridgehead atoms. The average Bonchev–Trinajstić information content (AvgIpc) is 2.70. The van der Waals surface area contributed by atoms with Crippen molar-refractivity contribution in [3.8, 4) is 0 Å². The fourth-order valence-electron chi connectivity index (χ4n) is 3.45. The first kappa shape index (κ1) is 19.7. The summed E-state index contributed by atoms with van der Waals surface area (Å²) in [5.74, 6) is -0.514. The number of thioether (sulfide) groups is 1. The van der Waals surface area contributed by atoms with Gasteiger partial charge in [-0.05, 0) is 23.3 Å². The Balaban J connectivity index is 1.75. The third-order valence-electron chi connectivity index (χ3n) is 4.90. The van der Waals surface area contributed by atoms with Gasteiger partial charge in [-0.15, -0.1) is 0 Å². The smallest absolute Gasteiger partial charge is 0.279 e. The second-order valence-corrected chi connectivity index (χ2v) is 8.08. The van der Waals surface area contributed by atoms with Crippen molar-refractivity contribution in [3.05, 3.63) is 86.4 Å². The molecule has 1 unspecified atom stereocenters. The Morgan fingerprint density at radius 2 is 1.93 bits per heavy atom. The van der Waals surface area contributed by atoms with Crippen LogP contribution in [-0.2, 0) is 17.6 Å². The number of nitrogens with zero attached hydrogens (tertiary/aromatic N) is 2. The third-order valence-corrected chi connectivity index (χ3v) is 6.34. The summed E-state index contributed by atoms with van der Waals surface area (Å²) in [5.41, 5.74) is 1.07.